The molecule has 1 atom stereocenters. The third-order valence-electron chi connectivity index (χ3n) is 2.79. The van der Waals surface area contributed by atoms with E-state index in [4.69, 9.17) is 0 Å². The molecule has 1 aromatic heterocycles. The normalized spacial score (nSPS) is 11.8. The minimum absolute atomic E-state index is 0.127. The standard InChI is InChI=1S/C15H16N2O2/c18-11-14(12-6-2-1-3-7-12)17-15(19)10-13-8-4-5-9-16-13/h1-9,14,18H,10-11H2,(H,17,19)/t14-/m1/s1. The number of pyridine rings is 1. The Labute approximate surface area is 112 Å². The van der Waals surface area contributed by atoms with Crippen molar-refractivity contribution < 1.29 is 9.90 Å². The zero-order valence-electron chi connectivity index (χ0n) is 10.5. The molecule has 0 unspecified atom stereocenters. The molecule has 1 amide bonds. The van der Waals surface area contributed by atoms with Gasteiger partial charge < -0.3 is 10.4 Å². The lowest BCUT2D eigenvalue weighted by Crippen LogP contribution is -2.32. The van der Waals surface area contributed by atoms with E-state index in [1.54, 1.807) is 12.3 Å². The second-order valence-electron chi connectivity index (χ2n) is 4.21. The van der Waals surface area contributed by atoms with Gasteiger partial charge in [0.05, 0.1) is 19.1 Å². The Morgan fingerprint density at radius 2 is 1.89 bits per heavy atom. The van der Waals surface area contributed by atoms with Crippen LogP contribution in [-0.4, -0.2) is 22.6 Å². The summed E-state index contributed by atoms with van der Waals surface area (Å²) in [4.78, 5) is 16.0. The molecular weight excluding hydrogens is 240 g/mol. The first-order chi connectivity index (χ1) is 9.29. The summed E-state index contributed by atoms with van der Waals surface area (Å²) >= 11 is 0. The number of rotatable bonds is 5. The highest BCUT2D eigenvalue weighted by Crippen LogP contribution is 2.11. The average molecular weight is 256 g/mol. The molecule has 2 aromatic rings. The Kier molecular flexibility index (Phi) is 4.64. The van der Waals surface area contributed by atoms with Gasteiger partial charge in [-0.3, -0.25) is 9.78 Å². The number of carbonyl (C=O) groups is 1. The fourth-order valence-electron chi connectivity index (χ4n) is 1.83. The highest BCUT2D eigenvalue weighted by atomic mass is 16.3. The second-order valence-corrected chi connectivity index (χ2v) is 4.21. The van der Waals surface area contributed by atoms with Crippen LogP contribution in [0, 0.1) is 0 Å². The number of aliphatic hydroxyl groups is 1. The van der Waals surface area contributed by atoms with Crippen molar-refractivity contribution in [1.82, 2.24) is 10.3 Å². The zero-order chi connectivity index (χ0) is 13.5. The number of amides is 1. The van der Waals surface area contributed by atoms with Gasteiger partial charge in [-0.25, -0.2) is 0 Å². The quantitative estimate of drug-likeness (QED) is 0.851. The van der Waals surface area contributed by atoms with Gasteiger partial charge in [0.25, 0.3) is 0 Å². The maximum Gasteiger partial charge on any atom is 0.226 e. The van der Waals surface area contributed by atoms with Crippen LogP contribution in [0.3, 0.4) is 0 Å². The van der Waals surface area contributed by atoms with Crippen molar-refractivity contribution in [3.63, 3.8) is 0 Å². The van der Waals surface area contributed by atoms with Crippen LogP contribution in [0.5, 0.6) is 0 Å². The molecule has 0 aliphatic rings. The number of benzene rings is 1. The summed E-state index contributed by atoms with van der Waals surface area (Å²) in [5.74, 6) is -0.151. The lowest BCUT2D eigenvalue weighted by atomic mass is 10.1. The minimum Gasteiger partial charge on any atom is -0.394 e. The van der Waals surface area contributed by atoms with E-state index in [9.17, 15) is 9.90 Å². The second kappa shape index (κ2) is 6.66. The number of aliphatic hydroxyl groups excluding tert-OH is 1. The highest BCUT2D eigenvalue weighted by Gasteiger charge is 2.13. The fourth-order valence-corrected chi connectivity index (χ4v) is 1.83. The molecule has 0 bridgehead atoms. The molecule has 4 heteroatoms. The predicted octanol–water partition coefficient (Wildman–Crippen LogP) is 1.47. The summed E-state index contributed by atoms with van der Waals surface area (Å²) in [6.45, 7) is -0.127. The Hall–Kier alpha value is -2.20. The van der Waals surface area contributed by atoms with Crippen LogP contribution in [0.2, 0.25) is 0 Å². The van der Waals surface area contributed by atoms with E-state index in [1.807, 2.05) is 42.5 Å². The van der Waals surface area contributed by atoms with Crippen LogP contribution < -0.4 is 5.32 Å². The lowest BCUT2D eigenvalue weighted by molar-refractivity contribution is -0.121. The summed E-state index contributed by atoms with van der Waals surface area (Å²) < 4.78 is 0. The third kappa shape index (κ3) is 3.89. The molecule has 19 heavy (non-hydrogen) atoms. The smallest absolute Gasteiger partial charge is 0.226 e. The zero-order valence-corrected chi connectivity index (χ0v) is 10.5. The minimum atomic E-state index is -0.377. The third-order valence-corrected chi connectivity index (χ3v) is 2.79. The molecule has 0 aliphatic heterocycles. The van der Waals surface area contributed by atoms with Gasteiger partial charge in [0.1, 0.15) is 0 Å². The van der Waals surface area contributed by atoms with Gasteiger partial charge in [-0.15, -0.1) is 0 Å². The van der Waals surface area contributed by atoms with Crippen molar-refractivity contribution >= 4 is 5.91 Å². The first-order valence-corrected chi connectivity index (χ1v) is 6.14. The van der Waals surface area contributed by atoms with Gasteiger partial charge in [0.2, 0.25) is 5.91 Å². The van der Waals surface area contributed by atoms with Crippen molar-refractivity contribution in [2.24, 2.45) is 0 Å². The van der Waals surface area contributed by atoms with Crippen molar-refractivity contribution in [2.45, 2.75) is 12.5 Å². The van der Waals surface area contributed by atoms with Gasteiger partial charge in [-0.1, -0.05) is 36.4 Å². The van der Waals surface area contributed by atoms with Gasteiger partial charge in [0.15, 0.2) is 0 Å². The molecule has 2 rings (SSSR count). The average Bonchev–Trinajstić information content (AvgIpc) is 2.47. The molecule has 98 valence electrons. The van der Waals surface area contributed by atoms with Crippen molar-refractivity contribution in [3.05, 3.63) is 66.0 Å². The van der Waals surface area contributed by atoms with Crippen LogP contribution >= 0.6 is 0 Å². The summed E-state index contributed by atoms with van der Waals surface area (Å²) in [7, 11) is 0. The number of aromatic nitrogens is 1. The van der Waals surface area contributed by atoms with Gasteiger partial charge >= 0.3 is 0 Å². The fraction of sp³-hybridized carbons (Fsp3) is 0.200. The SMILES string of the molecule is O=C(Cc1ccccn1)N[C@H](CO)c1ccccc1. The summed E-state index contributed by atoms with van der Waals surface area (Å²) in [6.07, 6.45) is 1.87. The van der Waals surface area contributed by atoms with E-state index in [0.29, 0.717) is 5.69 Å². The Balaban J connectivity index is 1.97. The summed E-state index contributed by atoms with van der Waals surface area (Å²) in [5, 5.41) is 12.2. The van der Waals surface area contributed by atoms with Crippen molar-refractivity contribution in [1.29, 1.82) is 0 Å². The number of hydrogen-bond donors (Lipinski definition) is 2. The van der Waals surface area contributed by atoms with Crippen LogP contribution in [0.4, 0.5) is 0 Å². The first-order valence-electron chi connectivity index (χ1n) is 6.14. The molecule has 0 aliphatic carbocycles. The van der Waals surface area contributed by atoms with E-state index >= 15 is 0 Å². The molecule has 0 fully saturated rings. The van der Waals surface area contributed by atoms with E-state index in [-0.39, 0.29) is 25.0 Å². The molecule has 0 saturated heterocycles. The van der Waals surface area contributed by atoms with E-state index < -0.39 is 0 Å². The maximum absolute atomic E-state index is 11.9. The molecule has 1 aromatic carbocycles. The maximum atomic E-state index is 11.9. The van der Waals surface area contributed by atoms with Crippen molar-refractivity contribution in [3.8, 4) is 0 Å². The first kappa shape index (κ1) is 13.2. The van der Waals surface area contributed by atoms with Gasteiger partial charge in [-0.2, -0.15) is 0 Å². The molecule has 0 saturated carbocycles. The van der Waals surface area contributed by atoms with Crippen LogP contribution in [-0.2, 0) is 11.2 Å². The molecule has 1 heterocycles. The van der Waals surface area contributed by atoms with Crippen molar-refractivity contribution in [2.75, 3.05) is 6.61 Å². The van der Waals surface area contributed by atoms with Crippen LogP contribution in [0.15, 0.2) is 54.7 Å². The number of nitrogens with zero attached hydrogens (tertiary/aromatic N) is 1. The number of nitrogens with one attached hydrogen (secondary N) is 1. The lowest BCUT2D eigenvalue weighted by Gasteiger charge is -2.16. The molecule has 0 spiro atoms. The van der Waals surface area contributed by atoms with E-state index in [1.165, 1.54) is 0 Å². The molecule has 4 nitrogen and oxygen atoms in total. The summed E-state index contributed by atoms with van der Waals surface area (Å²) in [5.41, 5.74) is 1.60. The Morgan fingerprint density at radius 1 is 1.16 bits per heavy atom. The predicted molar refractivity (Wildman–Crippen MR) is 72.4 cm³/mol. The number of hydrogen-bond acceptors (Lipinski definition) is 3. The van der Waals surface area contributed by atoms with Gasteiger partial charge in [-0.05, 0) is 17.7 Å². The largest absolute Gasteiger partial charge is 0.394 e. The molecular formula is C15H16N2O2. The summed E-state index contributed by atoms with van der Waals surface area (Å²) in [6, 6.07) is 14.5. The Morgan fingerprint density at radius 3 is 2.53 bits per heavy atom. The van der Waals surface area contributed by atoms with Gasteiger partial charge in [0, 0.05) is 11.9 Å². The monoisotopic (exact) mass is 256 g/mol. The Bertz CT molecular complexity index is 514. The van der Waals surface area contributed by atoms with E-state index in [2.05, 4.69) is 10.3 Å². The molecule has 2 N–H and O–H groups in total. The molecule has 0 radical (unpaired) electrons. The highest BCUT2D eigenvalue weighted by molar-refractivity contribution is 5.78. The van der Waals surface area contributed by atoms with Crippen LogP contribution in [0.25, 0.3) is 0 Å². The number of carbonyl (C=O) groups excluding carboxylic acids is 1. The topological polar surface area (TPSA) is 62.2 Å². The van der Waals surface area contributed by atoms with Crippen LogP contribution in [0.1, 0.15) is 17.3 Å². The van der Waals surface area contributed by atoms with E-state index in [0.717, 1.165) is 5.56 Å².